The monoisotopic (exact) mass is 295 g/mol. The molecule has 0 spiro atoms. The van der Waals surface area contributed by atoms with Crippen molar-refractivity contribution in [2.75, 3.05) is 6.61 Å². The summed E-state index contributed by atoms with van der Waals surface area (Å²) < 4.78 is 10.7. The zero-order chi connectivity index (χ0) is 14.8. The largest absolute Gasteiger partial charge is 0.780 e. The summed E-state index contributed by atoms with van der Waals surface area (Å²) in [4.78, 5) is 12.0. The van der Waals surface area contributed by atoms with Crippen LogP contribution >= 0.6 is 6.72 Å². The minimum Gasteiger partial charge on any atom is -0.780 e. The highest BCUT2D eigenvalue weighted by Gasteiger charge is 2.27. The molecule has 0 saturated carbocycles. The van der Waals surface area contributed by atoms with Gasteiger partial charge >= 0.3 is 0 Å². The van der Waals surface area contributed by atoms with Crippen LogP contribution in [0.25, 0.3) is 0 Å². The van der Waals surface area contributed by atoms with Crippen LogP contribution in [0.4, 0.5) is 0 Å². The first-order valence-corrected chi connectivity index (χ1v) is 8.84. The van der Waals surface area contributed by atoms with Crippen LogP contribution < -0.4 is 4.89 Å². The van der Waals surface area contributed by atoms with E-state index in [0.29, 0.717) is 6.61 Å². The molecular formula is C13H28O3PS-. The molecule has 1 atom stereocenters. The van der Waals surface area contributed by atoms with Gasteiger partial charge in [-0.2, -0.15) is 0 Å². The van der Waals surface area contributed by atoms with Gasteiger partial charge in [-0.15, -0.1) is 0 Å². The van der Waals surface area contributed by atoms with E-state index in [0.717, 1.165) is 6.42 Å². The van der Waals surface area contributed by atoms with Crippen molar-refractivity contribution in [3.8, 4) is 0 Å². The molecule has 0 heterocycles. The third-order valence-electron chi connectivity index (χ3n) is 2.01. The zero-order valence-corrected chi connectivity index (χ0v) is 14.7. The van der Waals surface area contributed by atoms with E-state index in [1.807, 2.05) is 20.8 Å². The summed E-state index contributed by atoms with van der Waals surface area (Å²) in [5.74, 6) is 0. The molecule has 0 fully saturated rings. The zero-order valence-electron chi connectivity index (χ0n) is 13.0. The molecule has 0 aromatic heterocycles. The summed E-state index contributed by atoms with van der Waals surface area (Å²) >= 11 is 4.91. The molecule has 3 nitrogen and oxygen atoms in total. The van der Waals surface area contributed by atoms with E-state index < -0.39 is 12.3 Å². The van der Waals surface area contributed by atoms with Crippen molar-refractivity contribution in [1.29, 1.82) is 0 Å². The van der Waals surface area contributed by atoms with Gasteiger partial charge in [0.25, 0.3) is 0 Å². The Labute approximate surface area is 118 Å². The molecule has 0 radical (unpaired) electrons. The lowest BCUT2D eigenvalue weighted by molar-refractivity contribution is -0.217. The van der Waals surface area contributed by atoms with E-state index in [9.17, 15) is 4.89 Å². The Morgan fingerprint density at radius 2 is 1.44 bits per heavy atom. The van der Waals surface area contributed by atoms with Crippen LogP contribution in [0.1, 0.15) is 61.8 Å². The second kappa shape index (κ2) is 5.88. The Hall–Kier alpha value is 0.530. The van der Waals surface area contributed by atoms with Gasteiger partial charge in [0.2, 0.25) is 0 Å². The van der Waals surface area contributed by atoms with Crippen LogP contribution in [0.3, 0.4) is 0 Å². The van der Waals surface area contributed by atoms with Crippen LogP contribution in [-0.4, -0.2) is 12.2 Å². The first-order chi connectivity index (χ1) is 7.62. The molecule has 0 saturated heterocycles. The van der Waals surface area contributed by atoms with Crippen molar-refractivity contribution < 1.29 is 13.9 Å². The van der Waals surface area contributed by atoms with E-state index in [-0.39, 0.29) is 10.8 Å². The standard InChI is InChI=1S/C13H29O3PS/c1-11(2,3)9-13(7,8)10-15-17(14,18)16-12(4,5)6/h9-10H2,1-8H3,(H,14,18)/p-1. The summed E-state index contributed by atoms with van der Waals surface area (Å²) in [6.45, 7) is 13.1. The number of hydrogen-bond donors (Lipinski definition) is 0. The predicted molar refractivity (Wildman–Crippen MR) is 78.9 cm³/mol. The summed E-state index contributed by atoms with van der Waals surface area (Å²) in [6, 6.07) is 0. The van der Waals surface area contributed by atoms with E-state index in [1.165, 1.54) is 0 Å². The Bertz CT molecular complexity index is 313. The van der Waals surface area contributed by atoms with Gasteiger partial charge in [-0.25, -0.2) is 0 Å². The maximum atomic E-state index is 12.0. The van der Waals surface area contributed by atoms with Crippen molar-refractivity contribution in [3.63, 3.8) is 0 Å². The molecule has 0 aliphatic carbocycles. The molecule has 0 amide bonds. The minimum absolute atomic E-state index is 0.0754. The number of rotatable bonds is 5. The van der Waals surface area contributed by atoms with Gasteiger partial charge in [0.15, 0.2) is 0 Å². The second-order valence-electron chi connectivity index (χ2n) is 7.83. The van der Waals surface area contributed by atoms with Crippen molar-refractivity contribution in [2.24, 2.45) is 10.8 Å². The summed E-state index contributed by atoms with van der Waals surface area (Å²) in [7, 11) is 0. The van der Waals surface area contributed by atoms with Crippen LogP contribution in [-0.2, 0) is 20.9 Å². The predicted octanol–water partition coefficient (Wildman–Crippen LogP) is 3.87. The highest BCUT2D eigenvalue weighted by Crippen LogP contribution is 2.45. The first-order valence-electron chi connectivity index (χ1n) is 6.28. The van der Waals surface area contributed by atoms with Crippen LogP contribution in [0.5, 0.6) is 0 Å². The van der Waals surface area contributed by atoms with E-state index in [2.05, 4.69) is 34.6 Å². The van der Waals surface area contributed by atoms with Gasteiger partial charge in [0.1, 0.15) is 6.72 Å². The fourth-order valence-electron chi connectivity index (χ4n) is 2.10. The SMILES string of the molecule is CC(C)(C)CC(C)(C)COP([O-])(=S)OC(C)(C)C. The van der Waals surface area contributed by atoms with Crippen LogP contribution in [0, 0.1) is 10.8 Å². The van der Waals surface area contributed by atoms with E-state index >= 15 is 0 Å². The molecule has 5 heteroatoms. The van der Waals surface area contributed by atoms with Gasteiger partial charge in [-0.05, 0) is 38.0 Å². The average Bonchev–Trinajstić information content (AvgIpc) is 1.91. The van der Waals surface area contributed by atoms with Gasteiger partial charge in [0, 0.05) is 0 Å². The van der Waals surface area contributed by atoms with Crippen LogP contribution in [0.15, 0.2) is 0 Å². The Morgan fingerprint density at radius 1 is 1.00 bits per heavy atom. The van der Waals surface area contributed by atoms with Crippen molar-refractivity contribution in [3.05, 3.63) is 0 Å². The highest BCUT2D eigenvalue weighted by molar-refractivity contribution is 8.06. The summed E-state index contributed by atoms with van der Waals surface area (Å²) in [5.41, 5.74) is -0.428. The molecule has 110 valence electrons. The Kier molecular flexibility index (Phi) is 6.06. The second-order valence-corrected chi connectivity index (χ2v) is 10.5. The lowest BCUT2D eigenvalue weighted by Crippen LogP contribution is -2.28. The first kappa shape index (κ1) is 18.5. The molecular weight excluding hydrogens is 267 g/mol. The third-order valence-corrected chi connectivity index (χ3v) is 3.76. The highest BCUT2D eigenvalue weighted by atomic mass is 32.5. The molecule has 0 bridgehead atoms. The maximum Gasteiger partial charge on any atom is 0.116 e. The lowest BCUT2D eigenvalue weighted by atomic mass is 9.77. The van der Waals surface area contributed by atoms with Gasteiger partial charge in [-0.1, -0.05) is 46.4 Å². The van der Waals surface area contributed by atoms with Crippen LogP contribution in [0.2, 0.25) is 0 Å². The molecule has 18 heavy (non-hydrogen) atoms. The smallest absolute Gasteiger partial charge is 0.116 e. The van der Waals surface area contributed by atoms with Gasteiger partial charge in [-0.3, -0.25) is 0 Å². The van der Waals surface area contributed by atoms with Gasteiger partial charge < -0.3 is 13.9 Å². The molecule has 0 N–H and O–H groups in total. The fraction of sp³-hybridized carbons (Fsp3) is 1.00. The summed E-state index contributed by atoms with van der Waals surface area (Å²) in [6.07, 6.45) is 0.963. The number of hydrogen-bond acceptors (Lipinski definition) is 4. The lowest BCUT2D eigenvalue weighted by Gasteiger charge is -2.38. The summed E-state index contributed by atoms with van der Waals surface area (Å²) in [5, 5.41) is 0. The molecule has 0 aliphatic rings. The molecule has 0 aromatic rings. The molecule has 1 unspecified atom stereocenters. The Morgan fingerprint density at radius 3 is 1.78 bits per heavy atom. The van der Waals surface area contributed by atoms with Crippen molar-refractivity contribution in [2.45, 2.75) is 67.4 Å². The maximum absolute atomic E-state index is 12.0. The van der Waals surface area contributed by atoms with Gasteiger partial charge in [0.05, 0.1) is 12.2 Å². The minimum atomic E-state index is -3.39. The van der Waals surface area contributed by atoms with Crippen molar-refractivity contribution >= 4 is 18.5 Å². The molecule has 0 aliphatic heterocycles. The average molecular weight is 295 g/mol. The third kappa shape index (κ3) is 10.5. The normalized spacial score (nSPS) is 17.6. The molecule has 0 rings (SSSR count). The van der Waals surface area contributed by atoms with E-state index in [1.54, 1.807) is 0 Å². The fourth-order valence-corrected chi connectivity index (χ4v) is 4.16. The topological polar surface area (TPSA) is 41.5 Å². The van der Waals surface area contributed by atoms with E-state index in [4.69, 9.17) is 20.9 Å². The Balaban J connectivity index is 4.43. The quantitative estimate of drug-likeness (QED) is 0.722. The van der Waals surface area contributed by atoms with Crippen molar-refractivity contribution in [1.82, 2.24) is 0 Å². The molecule has 0 aromatic carbocycles.